The second-order valence-corrected chi connectivity index (χ2v) is 30.6. The van der Waals surface area contributed by atoms with Crippen molar-refractivity contribution in [3.63, 3.8) is 0 Å². The minimum Gasteiger partial charge on any atom is -0.456 e. The zero-order chi connectivity index (χ0) is 74.1. The largest absolute Gasteiger partial charge is 0.456 e. The van der Waals surface area contributed by atoms with Gasteiger partial charge in [-0.15, -0.1) is 0 Å². The first kappa shape index (κ1) is 80.0. The molecule has 13 rings (SSSR count). The van der Waals surface area contributed by atoms with Gasteiger partial charge in [-0.25, -0.2) is 24.0 Å². The van der Waals surface area contributed by atoms with Gasteiger partial charge in [-0.2, -0.15) is 0 Å². The molecule has 0 atom stereocenters. The molecule has 7 saturated carbocycles. The Morgan fingerprint density at radius 3 is 1.42 bits per heavy atom. The summed E-state index contributed by atoms with van der Waals surface area (Å²) < 4.78 is 35.9. The van der Waals surface area contributed by atoms with Crippen LogP contribution in [0.15, 0.2) is 152 Å². The number of hydrogen-bond acceptors (Lipinski definition) is 15. The van der Waals surface area contributed by atoms with E-state index in [0.29, 0.717) is 66.6 Å². The normalized spacial score (nSPS) is 19.6. The van der Waals surface area contributed by atoms with Gasteiger partial charge in [0.25, 0.3) is 0 Å². The quantitative estimate of drug-likeness (QED) is 0.0374. The maximum atomic E-state index is 13.1. The summed E-state index contributed by atoms with van der Waals surface area (Å²) in [5.74, 6) is 1.79. The molecule has 20 nitrogen and oxygen atoms in total. The van der Waals surface area contributed by atoms with E-state index in [-0.39, 0.29) is 35.1 Å². The van der Waals surface area contributed by atoms with Crippen LogP contribution in [0.3, 0.4) is 0 Å². The van der Waals surface area contributed by atoms with Crippen molar-refractivity contribution in [2.45, 2.75) is 246 Å². The van der Waals surface area contributed by atoms with Gasteiger partial charge < -0.3 is 23.7 Å². The number of ether oxygens (including phenoxy) is 5. The van der Waals surface area contributed by atoms with E-state index in [0.717, 1.165) is 87.5 Å². The Morgan fingerprint density at radius 2 is 0.903 bits per heavy atom. The molecule has 20 heteroatoms. The maximum Gasteiger partial charge on any atom is 0.409 e. The molecule has 0 aliphatic heterocycles. The number of pyridine rings is 5. The van der Waals surface area contributed by atoms with Crippen molar-refractivity contribution < 1.29 is 95.5 Å². The van der Waals surface area contributed by atoms with Gasteiger partial charge >= 0.3 is 52.6 Å². The third kappa shape index (κ3) is 24.8. The van der Waals surface area contributed by atoms with Crippen LogP contribution in [0.5, 0.6) is 0 Å². The number of esters is 5. The fourth-order valence-corrected chi connectivity index (χ4v) is 15.1. The summed E-state index contributed by atoms with van der Waals surface area (Å²) >= 11 is 0. The van der Waals surface area contributed by atoms with Crippen molar-refractivity contribution in [2.75, 3.05) is 26.9 Å². The van der Waals surface area contributed by atoms with Crippen LogP contribution in [0, 0.1) is 29.6 Å². The molecule has 6 aromatic rings. The Labute approximate surface area is 611 Å². The smallest absolute Gasteiger partial charge is 0.409 e. The van der Waals surface area contributed by atoms with E-state index in [2.05, 4.69) is 6.92 Å². The Morgan fingerprint density at radius 1 is 0.447 bits per heavy atom. The van der Waals surface area contributed by atoms with Crippen LogP contribution < -0.4 is 47.8 Å². The third-order valence-electron chi connectivity index (χ3n) is 19.8. The molecule has 1 aromatic carbocycles. The number of carbonyl (C=O) groups is 5. The first-order valence-electron chi connectivity index (χ1n) is 37.6. The topological polar surface area (TPSA) is 197 Å². The molecule has 103 heavy (non-hydrogen) atoms. The number of aromatic nitrogens is 5. The Kier molecular flexibility index (Phi) is 29.7. The summed E-state index contributed by atoms with van der Waals surface area (Å²) in [6.07, 6.45) is 35.1. The van der Waals surface area contributed by atoms with E-state index in [9.17, 15) is 24.0 Å². The number of rotatable bonds is 21. The van der Waals surface area contributed by atoms with Gasteiger partial charge in [0.15, 0.2) is 26.4 Å². The second-order valence-electron chi connectivity index (χ2n) is 30.6. The molecule has 5 aromatic heterocycles. The summed E-state index contributed by atoms with van der Waals surface area (Å²) in [6, 6.07) is 35.0. The number of benzene rings is 1. The summed E-state index contributed by atoms with van der Waals surface area (Å²) in [4.78, 5) is 89.2. The van der Waals surface area contributed by atoms with Crippen molar-refractivity contribution in [2.24, 2.45) is 29.6 Å². The molecule has 0 N–H and O–H groups in total. The highest BCUT2D eigenvalue weighted by Gasteiger charge is 2.54. The molecular weight excluding hydrogens is 1310 g/mol. The van der Waals surface area contributed by atoms with Crippen LogP contribution in [0.4, 0.5) is 0 Å². The van der Waals surface area contributed by atoms with Gasteiger partial charge in [0, 0.05) is 78.2 Å². The van der Waals surface area contributed by atoms with Gasteiger partial charge in [0.05, 0.1) is 0 Å². The molecule has 7 fully saturated rings. The predicted octanol–water partition coefficient (Wildman–Crippen LogP) is 12.9. The van der Waals surface area contributed by atoms with E-state index in [1.165, 1.54) is 96.7 Å². The average molecular weight is 1420 g/mol. The van der Waals surface area contributed by atoms with Gasteiger partial charge in [-0.1, -0.05) is 75.8 Å². The zero-order valence-electron chi connectivity index (χ0n) is 63.4. The average Bonchev–Trinajstić information content (AvgIpc) is 1.73. The van der Waals surface area contributed by atoms with Gasteiger partial charge in [-0.3, -0.25) is 24.2 Å². The summed E-state index contributed by atoms with van der Waals surface area (Å²) in [6.45, 7) is 23.0. The number of nitrogens with zero attached hydrogens (tertiary/aromatic N) is 5. The molecule has 0 unspecified atom stereocenters. The van der Waals surface area contributed by atoms with Gasteiger partial charge in [0.2, 0.25) is 37.2 Å². The third-order valence-corrected chi connectivity index (χ3v) is 19.8. The lowest BCUT2D eigenvalue weighted by Gasteiger charge is -2.55. The lowest BCUT2D eigenvalue weighted by molar-refractivity contribution is -0.896. The molecule has 0 spiro atoms. The summed E-state index contributed by atoms with van der Waals surface area (Å²) in [7, 11) is 1.49. The second kappa shape index (κ2) is 38.2. The van der Waals surface area contributed by atoms with Crippen molar-refractivity contribution >= 4 is 29.8 Å². The van der Waals surface area contributed by atoms with Gasteiger partial charge in [0.1, 0.15) is 40.7 Å². The first-order chi connectivity index (χ1) is 49.3. The highest BCUT2D eigenvalue weighted by Crippen LogP contribution is 2.57. The van der Waals surface area contributed by atoms with Crippen molar-refractivity contribution in [3.8, 4) is 0 Å². The van der Waals surface area contributed by atoms with Crippen LogP contribution in [0.2, 0.25) is 0 Å². The molecule has 5 heterocycles. The molecule has 0 amide bonds. The van der Waals surface area contributed by atoms with Crippen LogP contribution in [0.1, 0.15) is 269 Å². The van der Waals surface area contributed by atoms with E-state index >= 15 is 0 Å². The number of hydrogen-bond donors (Lipinski definition) is 0. The monoisotopic (exact) mass is 1420 g/mol. The fourth-order valence-electron chi connectivity index (χ4n) is 15.1. The van der Waals surface area contributed by atoms with Crippen LogP contribution in [-0.4, -0.2) is 84.8 Å². The van der Waals surface area contributed by atoms with Crippen LogP contribution in [0.25, 0.3) is 0 Å². The first-order valence-corrected chi connectivity index (χ1v) is 37.6. The lowest BCUT2D eigenvalue weighted by Crippen LogP contribution is -2.55. The van der Waals surface area contributed by atoms with Gasteiger partial charge in [-0.05, 0) is 231 Å². The predicted molar refractivity (Wildman–Crippen MR) is 384 cm³/mol. The maximum absolute atomic E-state index is 13.1. The highest BCUT2D eigenvalue weighted by atomic mass is 16.7. The Balaban J connectivity index is 0.000000166. The van der Waals surface area contributed by atoms with Crippen molar-refractivity contribution in [1.29, 1.82) is 0 Å². The molecule has 0 radical (unpaired) electrons. The molecule has 4 bridgehead atoms. The van der Waals surface area contributed by atoms with E-state index in [1.807, 2.05) is 148 Å². The molecule has 7 aliphatic carbocycles. The van der Waals surface area contributed by atoms with Crippen molar-refractivity contribution in [3.05, 3.63) is 186 Å². The van der Waals surface area contributed by atoms with Crippen molar-refractivity contribution in [1.82, 2.24) is 0 Å². The summed E-state index contributed by atoms with van der Waals surface area (Å²) in [5.41, 5.74) is 1.36. The Bertz CT molecular complexity index is 3630. The van der Waals surface area contributed by atoms with E-state index in [4.69, 9.17) is 47.9 Å². The highest BCUT2D eigenvalue weighted by molar-refractivity contribution is 5.89. The summed E-state index contributed by atoms with van der Waals surface area (Å²) in [5, 5.41) is 0. The molecule has 0 saturated heterocycles. The number of carbonyl (C=O) groups excluding carboxylic acids is 5. The Hall–Kier alpha value is -8.68. The lowest BCUT2D eigenvalue weighted by atomic mass is 9.54. The fraction of sp³-hybridized carbons (Fsp3) is 0.566. The standard InChI is InChI=1S/C23H32NO3.C20H24NO3.C17H26NO3.C12H18NO3.C11H16NO3/c25-22(27-23-13-18-10-19(14-23)12-20(11-18)15-23)21-8-4-5-9-24(21)26-16-17-6-2-1-3-7-17;1-2-20(13-7-8-14-20)24-19(22)18-12-6-9-15-21(18)23-16-17-10-4-3-5-11-17;1-4-20-18-13-9-8-12-15(18)16(19)21-17(2,3)14-10-6-5-7-11-14;1-5-15-13-8-6-7-10(9-13)11(14)16-12(2,3)4;1-11(2,3)15-10(13)9-7-5-6-8-12(9)14-4/h4-5,8-9,17-20H,1-3,6-7,10-16H2;3-6,9-12,15H,2,7-8,13-14,16H2,1H3;8-9,12-14H,4-7,10-11H2,1-3H3;6-9H,5H2,1-4H3;5-8H,1-4H3/q5*+1. The SMILES string of the molecule is CCC1(OC(=O)c2cccc[n+]2OCc2ccccc2)CCCC1.CCO[n+]1cccc(C(=O)OC(C)(C)C)c1.CCO[n+]1ccccc1C(=O)OC(C)(C)C1CCCCC1.CO[n+]1ccccc1C(=O)OC(C)(C)C.O=C(OC12CC3CC(CC(C3)C1)C2)c1cccc[n+]1OCC1CCCCC1. The molecule has 558 valence electrons. The van der Waals surface area contributed by atoms with Crippen LogP contribution in [-0.2, 0) is 30.3 Å². The molecular formula is C83H116N5O15+5. The zero-order valence-corrected chi connectivity index (χ0v) is 63.4. The van der Waals surface area contributed by atoms with E-state index in [1.54, 1.807) is 78.2 Å². The minimum atomic E-state index is -0.501. The van der Waals surface area contributed by atoms with E-state index < -0.39 is 22.8 Å². The molecule has 7 aliphatic rings. The van der Waals surface area contributed by atoms with Crippen LogP contribution >= 0.6 is 0 Å². The minimum absolute atomic E-state index is 0.205.